The van der Waals surface area contributed by atoms with E-state index in [9.17, 15) is 4.39 Å². The lowest BCUT2D eigenvalue weighted by atomic mass is 10.2. The number of anilines is 1. The molecule has 4 nitrogen and oxygen atoms in total. The standard InChI is InChI=1S/C15H23FN4/c1-5-19(6-2)9-11(4)20-14-7-10(3)12(16)8-13(14)18-15(20)17/h7-8,11H,5-6,9H2,1-4H3,(H2,17,18). The normalized spacial score (nSPS) is 13.3. The van der Waals surface area contributed by atoms with Crippen LogP contribution in [0.4, 0.5) is 10.3 Å². The SMILES string of the molecule is CCN(CC)CC(C)n1c(N)nc2cc(F)c(C)cc21. The molecule has 2 rings (SSSR count). The van der Waals surface area contributed by atoms with Gasteiger partial charge in [-0.1, -0.05) is 13.8 Å². The van der Waals surface area contributed by atoms with E-state index >= 15 is 0 Å². The summed E-state index contributed by atoms with van der Waals surface area (Å²) in [6.45, 7) is 11.1. The second-order valence-electron chi connectivity index (χ2n) is 5.26. The highest BCUT2D eigenvalue weighted by atomic mass is 19.1. The topological polar surface area (TPSA) is 47.1 Å². The van der Waals surface area contributed by atoms with E-state index in [4.69, 9.17) is 5.73 Å². The Bertz CT molecular complexity index is 601. The van der Waals surface area contributed by atoms with E-state index in [0.717, 1.165) is 25.2 Å². The molecule has 0 aliphatic rings. The summed E-state index contributed by atoms with van der Waals surface area (Å²) in [5.74, 6) is 0.211. The second kappa shape index (κ2) is 5.79. The van der Waals surface area contributed by atoms with Crippen LogP contribution < -0.4 is 5.73 Å². The van der Waals surface area contributed by atoms with Crippen LogP contribution in [0.25, 0.3) is 11.0 Å². The average Bonchev–Trinajstić information content (AvgIpc) is 2.71. The third-order valence-electron chi connectivity index (χ3n) is 3.85. The van der Waals surface area contributed by atoms with Crippen molar-refractivity contribution in [3.63, 3.8) is 0 Å². The van der Waals surface area contributed by atoms with Crippen molar-refractivity contribution in [1.29, 1.82) is 0 Å². The van der Waals surface area contributed by atoms with Gasteiger partial charge in [-0.25, -0.2) is 9.37 Å². The summed E-state index contributed by atoms with van der Waals surface area (Å²) in [6.07, 6.45) is 0. The monoisotopic (exact) mass is 278 g/mol. The number of nitrogens with zero attached hydrogens (tertiary/aromatic N) is 3. The number of hydrogen-bond acceptors (Lipinski definition) is 3. The molecular formula is C15H23FN4. The van der Waals surface area contributed by atoms with Gasteiger partial charge in [0.05, 0.1) is 11.0 Å². The maximum absolute atomic E-state index is 13.6. The molecule has 0 spiro atoms. The first-order valence-corrected chi connectivity index (χ1v) is 7.13. The van der Waals surface area contributed by atoms with Crippen molar-refractivity contribution < 1.29 is 4.39 Å². The number of aromatic nitrogens is 2. The van der Waals surface area contributed by atoms with Crippen molar-refractivity contribution in [2.45, 2.75) is 33.7 Å². The molecule has 0 bridgehead atoms. The molecule has 0 amide bonds. The van der Waals surface area contributed by atoms with Crippen molar-refractivity contribution in [2.75, 3.05) is 25.4 Å². The zero-order valence-corrected chi connectivity index (χ0v) is 12.7. The van der Waals surface area contributed by atoms with Crippen molar-refractivity contribution >= 4 is 17.0 Å². The van der Waals surface area contributed by atoms with Gasteiger partial charge < -0.3 is 15.2 Å². The summed E-state index contributed by atoms with van der Waals surface area (Å²) in [4.78, 5) is 6.62. The van der Waals surface area contributed by atoms with Crippen LogP contribution in [0.5, 0.6) is 0 Å². The summed E-state index contributed by atoms with van der Waals surface area (Å²) < 4.78 is 15.6. The molecule has 0 saturated carbocycles. The van der Waals surface area contributed by atoms with E-state index in [1.54, 1.807) is 6.92 Å². The Kier molecular flexibility index (Phi) is 4.28. The van der Waals surface area contributed by atoms with Gasteiger partial charge in [-0.05, 0) is 38.6 Å². The molecule has 110 valence electrons. The molecule has 0 saturated heterocycles. The van der Waals surface area contributed by atoms with E-state index in [1.807, 2.05) is 10.6 Å². The van der Waals surface area contributed by atoms with E-state index in [1.165, 1.54) is 6.07 Å². The van der Waals surface area contributed by atoms with Gasteiger partial charge in [0, 0.05) is 18.7 Å². The molecular weight excluding hydrogens is 255 g/mol. The van der Waals surface area contributed by atoms with Crippen LogP contribution in [0.3, 0.4) is 0 Å². The highest BCUT2D eigenvalue weighted by molar-refractivity contribution is 5.79. The quantitative estimate of drug-likeness (QED) is 0.914. The van der Waals surface area contributed by atoms with Crippen molar-refractivity contribution in [1.82, 2.24) is 14.5 Å². The second-order valence-corrected chi connectivity index (χ2v) is 5.26. The van der Waals surface area contributed by atoms with Crippen LogP contribution in [-0.4, -0.2) is 34.1 Å². The third-order valence-corrected chi connectivity index (χ3v) is 3.85. The van der Waals surface area contributed by atoms with Crippen molar-refractivity contribution in [2.24, 2.45) is 0 Å². The minimum absolute atomic E-state index is 0.199. The Morgan fingerprint density at radius 1 is 1.35 bits per heavy atom. The number of rotatable bonds is 5. The van der Waals surface area contributed by atoms with Gasteiger partial charge in [0.1, 0.15) is 5.82 Å². The molecule has 20 heavy (non-hydrogen) atoms. The van der Waals surface area contributed by atoms with E-state index in [0.29, 0.717) is 17.0 Å². The number of benzene rings is 1. The van der Waals surface area contributed by atoms with Gasteiger partial charge in [0.2, 0.25) is 5.95 Å². The number of likely N-dealkylation sites (N-methyl/N-ethyl adjacent to an activating group) is 1. The number of aryl methyl sites for hydroxylation is 1. The molecule has 0 fully saturated rings. The maximum Gasteiger partial charge on any atom is 0.201 e. The lowest BCUT2D eigenvalue weighted by molar-refractivity contribution is 0.264. The molecule has 1 heterocycles. The Morgan fingerprint density at radius 2 is 2.00 bits per heavy atom. The molecule has 0 aliphatic carbocycles. The zero-order valence-electron chi connectivity index (χ0n) is 12.7. The summed E-state index contributed by atoms with van der Waals surface area (Å²) in [7, 11) is 0. The number of hydrogen-bond donors (Lipinski definition) is 1. The fourth-order valence-electron chi connectivity index (χ4n) is 2.64. The predicted octanol–water partition coefficient (Wildman–Crippen LogP) is 2.97. The summed E-state index contributed by atoms with van der Waals surface area (Å²) in [5, 5.41) is 0. The van der Waals surface area contributed by atoms with E-state index < -0.39 is 0 Å². The summed E-state index contributed by atoms with van der Waals surface area (Å²) in [5.41, 5.74) is 8.17. The molecule has 0 radical (unpaired) electrons. The van der Waals surface area contributed by atoms with Crippen molar-refractivity contribution in [3.05, 3.63) is 23.5 Å². The van der Waals surface area contributed by atoms with Crippen LogP contribution >= 0.6 is 0 Å². The summed E-state index contributed by atoms with van der Waals surface area (Å²) >= 11 is 0. The number of nitrogen functional groups attached to an aromatic ring is 1. The smallest absolute Gasteiger partial charge is 0.201 e. The van der Waals surface area contributed by atoms with Gasteiger partial charge in [-0.3, -0.25) is 0 Å². The van der Waals surface area contributed by atoms with E-state index in [2.05, 4.69) is 30.7 Å². The third kappa shape index (κ3) is 2.63. The van der Waals surface area contributed by atoms with Gasteiger partial charge in [0.15, 0.2) is 0 Å². The minimum atomic E-state index is -0.237. The lowest BCUT2D eigenvalue weighted by Crippen LogP contribution is -2.30. The Morgan fingerprint density at radius 3 is 2.60 bits per heavy atom. The van der Waals surface area contributed by atoms with Crippen LogP contribution in [0.1, 0.15) is 32.4 Å². The first-order valence-electron chi connectivity index (χ1n) is 7.13. The number of halogens is 1. The largest absolute Gasteiger partial charge is 0.369 e. The maximum atomic E-state index is 13.6. The number of nitrogens with two attached hydrogens (primary N) is 1. The minimum Gasteiger partial charge on any atom is -0.369 e. The van der Waals surface area contributed by atoms with Crippen LogP contribution in [0.15, 0.2) is 12.1 Å². The molecule has 2 N–H and O–H groups in total. The Balaban J connectivity index is 2.42. The van der Waals surface area contributed by atoms with Gasteiger partial charge in [0.25, 0.3) is 0 Å². The molecule has 1 aromatic heterocycles. The predicted molar refractivity (Wildman–Crippen MR) is 81.3 cm³/mol. The first kappa shape index (κ1) is 14.8. The van der Waals surface area contributed by atoms with Crippen LogP contribution in [0, 0.1) is 12.7 Å². The van der Waals surface area contributed by atoms with Crippen LogP contribution in [-0.2, 0) is 0 Å². The Labute approximate surface area is 119 Å². The molecule has 0 aliphatic heterocycles. The lowest BCUT2D eigenvalue weighted by Gasteiger charge is -2.24. The summed E-state index contributed by atoms with van der Waals surface area (Å²) in [6, 6.07) is 3.48. The van der Waals surface area contributed by atoms with Crippen LogP contribution in [0.2, 0.25) is 0 Å². The molecule has 1 atom stereocenters. The number of fused-ring (bicyclic) bond motifs is 1. The van der Waals surface area contributed by atoms with Gasteiger partial charge in [-0.15, -0.1) is 0 Å². The first-order chi connectivity index (χ1) is 9.47. The molecule has 1 unspecified atom stereocenters. The Hall–Kier alpha value is -1.62. The van der Waals surface area contributed by atoms with E-state index in [-0.39, 0.29) is 11.9 Å². The van der Waals surface area contributed by atoms with Gasteiger partial charge in [-0.2, -0.15) is 0 Å². The fourth-order valence-corrected chi connectivity index (χ4v) is 2.64. The molecule has 2 aromatic rings. The number of imidazole rings is 1. The average molecular weight is 278 g/mol. The molecule has 1 aromatic carbocycles. The fraction of sp³-hybridized carbons (Fsp3) is 0.533. The highest BCUT2D eigenvalue weighted by Gasteiger charge is 2.17. The van der Waals surface area contributed by atoms with Crippen molar-refractivity contribution in [3.8, 4) is 0 Å². The zero-order chi connectivity index (χ0) is 14.9. The highest BCUT2D eigenvalue weighted by Crippen LogP contribution is 2.25. The van der Waals surface area contributed by atoms with Gasteiger partial charge >= 0.3 is 0 Å². The molecule has 5 heteroatoms.